The first-order valence-electron chi connectivity index (χ1n) is 4.89. The Bertz CT molecular complexity index is 330. The van der Waals surface area contributed by atoms with Crippen LogP contribution < -0.4 is 10.6 Å². The number of likely N-dealkylation sites (N-methyl/N-ethyl adjacent to an activating group) is 1. The minimum atomic E-state index is -0.198. The highest BCUT2D eigenvalue weighted by Crippen LogP contribution is 2.16. The summed E-state index contributed by atoms with van der Waals surface area (Å²) in [6.07, 6.45) is 1.48. The molecule has 0 spiro atoms. The first-order valence-corrected chi connectivity index (χ1v) is 5.69. The largest absolute Gasteiger partial charge is 0.458 e. The third-order valence-electron chi connectivity index (χ3n) is 1.94. The van der Waals surface area contributed by atoms with Gasteiger partial charge in [-0.15, -0.1) is 12.4 Å². The summed E-state index contributed by atoms with van der Waals surface area (Å²) in [4.78, 5) is 11.6. The molecule has 0 aliphatic carbocycles. The minimum Gasteiger partial charge on any atom is -0.458 e. The first kappa shape index (κ1) is 15.5. The van der Waals surface area contributed by atoms with E-state index < -0.39 is 0 Å². The first-order chi connectivity index (χ1) is 7.15. The zero-order chi connectivity index (χ0) is 11.3. The van der Waals surface area contributed by atoms with Crippen LogP contribution in [0.1, 0.15) is 24.4 Å². The van der Waals surface area contributed by atoms with Crippen LogP contribution in [-0.2, 0) is 0 Å². The maximum atomic E-state index is 11.6. The van der Waals surface area contributed by atoms with Gasteiger partial charge in [0.1, 0.15) is 0 Å². The molecule has 0 aromatic carbocycles. The third kappa shape index (κ3) is 4.55. The number of nitrogens with one attached hydrogen (secondary N) is 2. The molecule has 92 valence electrons. The van der Waals surface area contributed by atoms with E-state index in [4.69, 9.17) is 4.42 Å². The van der Waals surface area contributed by atoms with E-state index in [0.717, 1.165) is 6.54 Å². The Kier molecular flexibility index (Phi) is 7.45. The Morgan fingerprint density at radius 2 is 2.31 bits per heavy atom. The predicted octanol–water partition coefficient (Wildman–Crippen LogP) is 2.19. The van der Waals surface area contributed by atoms with Crippen molar-refractivity contribution in [2.75, 3.05) is 13.1 Å². The molecule has 2 N–H and O–H groups in total. The van der Waals surface area contributed by atoms with Crippen molar-refractivity contribution < 1.29 is 9.21 Å². The van der Waals surface area contributed by atoms with Gasteiger partial charge in [0, 0.05) is 12.6 Å². The van der Waals surface area contributed by atoms with Crippen LogP contribution in [-0.4, -0.2) is 25.0 Å². The molecule has 1 rings (SSSR count). The normalized spacial score (nSPS) is 11.7. The Hall–Kier alpha value is -0.520. The highest BCUT2D eigenvalue weighted by molar-refractivity contribution is 9.10. The van der Waals surface area contributed by atoms with Gasteiger partial charge in [-0.2, -0.15) is 0 Å². The van der Waals surface area contributed by atoms with Crippen molar-refractivity contribution in [1.82, 2.24) is 10.6 Å². The van der Waals surface area contributed by atoms with Crippen LogP contribution in [0, 0.1) is 0 Å². The van der Waals surface area contributed by atoms with Gasteiger partial charge < -0.3 is 15.1 Å². The monoisotopic (exact) mass is 310 g/mol. The minimum absolute atomic E-state index is 0. The number of furan rings is 1. The SMILES string of the molecule is CCN[C@H](C)CNC(=O)c1occc1Br.Cl. The van der Waals surface area contributed by atoms with Crippen molar-refractivity contribution in [2.24, 2.45) is 0 Å². The van der Waals surface area contributed by atoms with Crippen LogP contribution in [0.4, 0.5) is 0 Å². The summed E-state index contributed by atoms with van der Waals surface area (Å²) in [6, 6.07) is 1.95. The molecule has 4 nitrogen and oxygen atoms in total. The van der Waals surface area contributed by atoms with Gasteiger partial charge in [0.05, 0.1) is 10.7 Å². The molecule has 0 saturated heterocycles. The standard InChI is InChI=1S/C10H15BrN2O2.ClH/c1-3-12-7(2)6-13-10(14)9-8(11)4-5-15-9;/h4-5,7,12H,3,6H2,1-2H3,(H,13,14);1H/t7-;/m1./s1. The summed E-state index contributed by atoms with van der Waals surface area (Å²) < 4.78 is 5.72. The van der Waals surface area contributed by atoms with E-state index in [1.54, 1.807) is 6.07 Å². The molecule has 0 unspecified atom stereocenters. The van der Waals surface area contributed by atoms with Crippen LogP contribution >= 0.6 is 28.3 Å². The molecule has 1 aromatic heterocycles. The molecular formula is C10H16BrClN2O2. The molecule has 0 aliphatic rings. The molecule has 16 heavy (non-hydrogen) atoms. The molecule has 1 aromatic rings. The molecule has 1 amide bonds. The molecule has 0 fully saturated rings. The second-order valence-corrected chi connectivity index (χ2v) is 4.12. The van der Waals surface area contributed by atoms with E-state index in [9.17, 15) is 4.79 Å². The number of carbonyl (C=O) groups is 1. The van der Waals surface area contributed by atoms with Gasteiger partial charge in [-0.1, -0.05) is 6.92 Å². The average Bonchev–Trinajstić information content (AvgIpc) is 2.61. The molecule has 1 heterocycles. The third-order valence-corrected chi connectivity index (χ3v) is 2.57. The predicted molar refractivity (Wildman–Crippen MR) is 69.1 cm³/mol. The van der Waals surface area contributed by atoms with Crippen molar-refractivity contribution in [2.45, 2.75) is 19.9 Å². The molecule has 6 heteroatoms. The summed E-state index contributed by atoms with van der Waals surface area (Å²) in [5.41, 5.74) is 0. The Morgan fingerprint density at radius 1 is 1.62 bits per heavy atom. The number of halogens is 2. The van der Waals surface area contributed by atoms with Crippen LogP contribution in [0.3, 0.4) is 0 Å². The fraction of sp³-hybridized carbons (Fsp3) is 0.500. The van der Waals surface area contributed by atoms with Crippen LogP contribution in [0.25, 0.3) is 0 Å². The van der Waals surface area contributed by atoms with Crippen molar-refractivity contribution in [3.8, 4) is 0 Å². The molecule has 0 aliphatic heterocycles. The fourth-order valence-electron chi connectivity index (χ4n) is 1.20. The van der Waals surface area contributed by atoms with Crippen molar-refractivity contribution in [3.05, 3.63) is 22.6 Å². The van der Waals surface area contributed by atoms with E-state index >= 15 is 0 Å². The van der Waals surface area contributed by atoms with Crippen LogP contribution in [0.5, 0.6) is 0 Å². The second kappa shape index (κ2) is 7.70. The Labute approximate surface area is 110 Å². The number of amides is 1. The summed E-state index contributed by atoms with van der Waals surface area (Å²) in [5, 5.41) is 5.99. The second-order valence-electron chi connectivity index (χ2n) is 3.27. The summed E-state index contributed by atoms with van der Waals surface area (Å²) in [6.45, 7) is 5.52. The van der Waals surface area contributed by atoms with Crippen molar-refractivity contribution >= 4 is 34.2 Å². The smallest absolute Gasteiger partial charge is 0.288 e. The maximum absolute atomic E-state index is 11.6. The Balaban J connectivity index is 0.00000225. The maximum Gasteiger partial charge on any atom is 0.288 e. The Morgan fingerprint density at radius 3 is 2.81 bits per heavy atom. The number of rotatable bonds is 5. The summed E-state index contributed by atoms with van der Waals surface area (Å²) >= 11 is 3.23. The van der Waals surface area contributed by atoms with Gasteiger partial charge in [-0.25, -0.2) is 0 Å². The lowest BCUT2D eigenvalue weighted by molar-refractivity contribution is 0.0921. The molecule has 1 atom stereocenters. The van der Waals surface area contributed by atoms with E-state index in [1.807, 2.05) is 13.8 Å². The highest BCUT2D eigenvalue weighted by Gasteiger charge is 2.13. The highest BCUT2D eigenvalue weighted by atomic mass is 79.9. The van der Waals surface area contributed by atoms with Gasteiger partial charge in [0.2, 0.25) is 5.76 Å². The number of hydrogen-bond acceptors (Lipinski definition) is 3. The summed E-state index contributed by atoms with van der Waals surface area (Å²) in [7, 11) is 0. The lowest BCUT2D eigenvalue weighted by atomic mass is 10.3. The number of carbonyl (C=O) groups excluding carboxylic acids is 1. The number of hydrogen-bond donors (Lipinski definition) is 2. The van der Waals surface area contributed by atoms with E-state index in [-0.39, 0.29) is 24.4 Å². The fourth-order valence-corrected chi connectivity index (χ4v) is 1.58. The zero-order valence-electron chi connectivity index (χ0n) is 9.25. The van der Waals surface area contributed by atoms with Crippen molar-refractivity contribution in [3.63, 3.8) is 0 Å². The summed E-state index contributed by atoms with van der Waals surface area (Å²) in [5.74, 6) is 0.121. The molecule has 0 bridgehead atoms. The van der Waals surface area contributed by atoms with Gasteiger partial charge in [0.15, 0.2) is 0 Å². The van der Waals surface area contributed by atoms with E-state index in [0.29, 0.717) is 16.8 Å². The molecule has 0 radical (unpaired) electrons. The van der Waals surface area contributed by atoms with Gasteiger partial charge >= 0.3 is 0 Å². The molecular weight excluding hydrogens is 295 g/mol. The van der Waals surface area contributed by atoms with Gasteiger partial charge in [-0.3, -0.25) is 4.79 Å². The van der Waals surface area contributed by atoms with E-state index in [2.05, 4.69) is 26.6 Å². The van der Waals surface area contributed by atoms with Crippen LogP contribution in [0.15, 0.2) is 21.2 Å². The van der Waals surface area contributed by atoms with Crippen LogP contribution in [0.2, 0.25) is 0 Å². The van der Waals surface area contributed by atoms with Gasteiger partial charge in [0.25, 0.3) is 5.91 Å². The lowest BCUT2D eigenvalue weighted by Gasteiger charge is -2.12. The lowest BCUT2D eigenvalue weighted by Crippen LogP contribution is -2.38. The topological polar surface area (TPSA) is 54.3 Å². The average molecular weight is 312 g/mol. The quantitative estimate of drug-likeness (QED) is 0.876. The van der Waals surface area contributed by atoms with E-state index in [1.165, 1.54) is 6.26 Å². The van der Waals surface area contributed by atoms with Gasteiger partial charge in [-0.05, 0) is 35.5 Å². The zero-order valence-corrected chi connectivity index (χ0v) is 11.7. The molecule has 0 saturated carbocycles. The van der Waals surface area contributed by atoms with Crippen molar-refractivity contribution in [1.29, 1.82) is 0 Å².